The van der Waals surface area contributed by atoms with Gasteiger partial charge in [-0.05, 0) is 24.7 Å². The number of nitrogens with one attached hydrogen (secondary N) is 2. The smallest absolute Gasteiger partial charge is 0.260 e. The first-order valence-electron chi connectivity index (χ1n) is 11.2. The van der Waals surface area contributed by atoms with Crippen LogP contribution in [0.15, 0.2) is 60.0 Å². The fourth-order valence-electron chi connectivity index (χ4n) is 3.87. The van der Waals surface area contributed by atoms with E-state index >= 15 is 0 Å². The lowest BCUT2D eigenvalue weighted by Gasteiger charge is -2.35. The van der Waals surface area contributed by atoms with Crippen molar-refractivity contribution in [1.29, 1.82) is 0 Å². The van der Waals surface area contributed by atoms with Crippen LogP contribution in [-0.2, 0) is 11.2 Å². The van der Waals surface area contributed by atoms with Gasteiger partial charge in [0.2, 0.25) is 5.91 Å². The highest BCUT2D eigenvalue weighted by molar-refractivity contribution is 7.14. The van der Waals surface area contributed by atoms with Crippen LogP contribution in [0.1, 0.15) is 27.7 Å². The molecule has 7 nitrogen and oxygen atoms in total. The highest BCUT2D eigenvalue weighted by Gasteiger charge is 2.22. The number of likely N-dealkylation sites (N-methyl/N-ethyl adjacent to an activating group) is 1. The summed E-state index contributed by atoms with van der Waals surface area (Å²) in [6, 6.07) is 15.6. The summed E-state index contributed by atoms with van der Waals surface area (Å²) in [5.74, 6) is -1.30. The average Bonchev–Trinajstić information content (AvgIpc) is 3.27. The van der Waals surface area contributed by atoms with E-state index in [0.717, 1.165) is 38.3 Å². The summed E-state index contributed by atoms with van der Waals surface area (Å²) in [6.45, 7) is 4.69. The molecule has 0 saturated carbocycles. The molecule has 3 aromatic rings. The van der Waals surface area contributed by atoms with E-state index in [1.54, 1.807) is 11.4 Å². The Balaban J connectivity index is 1.36. The number of thiazole rings is 1. The minimum Gasteiger partial charge on any atom is -0.348 e. The first-order valence-corrected chi connectivity index (χ1v) is 12.1. The Morgan fingerprint density at radius 1 is 1.06 bits per heavy atom. The van der Waals surface area contributed by atoms with Gasteiger partial charge < -0.3 is 10.2 Å². The molecular formula is C25H28FN5O2S. The molecule has 1 saturated heterocycles. The topological polar surface area (TPSA) is 77.6 Å². The zero-order valence-electron chi connectivity index (χ0n) is 19.0. The maximum atomic E-state index is 13.8. The Labute approximate surface area is 202 Å². The zero-order valence-corrected chi connectivity index (χ0v) is 19.9. The van der Waals surface area contributed by atoms with Gasteiger partial charge in [-0.3, -0.25) is 19.8 Å². The van der Waals surface area contributed by atoms with Gasteiger partial charge in [-0.25, -0.2) is 9.37 Å². The standard InChI is InChI=1S/C25H28FN5O2S/c1-30-11-13-31(14-12-30)16-22(18-7-3-2-4-8-18)28-23(32)15-19-17-34-25(27-19)29-24(33)20-9-5-6-10-21(20)26/h2-10,17,22H,11-16H2,1H3,(H,28,32)(H,27,29,33). The van der Waals surface area contributed by atoms with Crippen LogP contribution in [0.2, 0.25) is 0 Å². The Morgan fingerprint density at radius 3 is 2.50 bits per heavy atom. The number of hydrogen-bond donors (Lipinski definition) is 2. The summed E-state index contributed by atoms with van der Waals surface area (Å²) in [7, 11) is 2.12. The van der Waals surface area contributed by atoms with E-state index in [-0.39, 0.29) is 23.9 Å². The van der Waals surface area contributed by atoms with Crippen LogP contribution in [0.3, 0.4) is 0 Å². The molecule has 4 rings (SSSR count). The molecule has 2 aromatic carbocycles. The number of aromatic nitrogens is 1. The van der Waals surface area contributed by atoms with Crippen LogP contribution in [0.25, 0.3) is 0 Å². The van der Waals surface area contributed by atoms with Crippen LogP contribution in [-0.4, -0.2) is 66.4 Å². The van der Waals surface area contributed by atoms with E-state index in [1.165, 1.54) is 29.5 Å². The Morgan fingerprint density at radius 2 is 1.76 bits per heavy atom. The summed E-state index contributed by atoms with van der Waals surface area (Å²) in [4.78, 5) is 34.2. The fraction of sp³-hybridized carbons (Fsp3) is 0.320. The number of hydrogen-bond acceptors (Lipinski definition) is 6. The number of halogens is 1. The lowest BCUT2D eigenvalue weighted by molar-refractivity contribution is -0.121. The molecule has 0 bridgehead atoms. The first kappa shape index (κ1) is 24.0. The summed E-state index contributed by atoms with van der Waals surface area (Å²) >= 11 is 1.21. The molecule has 2 heterocycles. The molecule has 9 heteroatoms. The minimum absolute atomic E-state index is 0.0494. The summed E-state index contributed by atoms with van der Waals surface area (Å²) in [5, 5.41) is 7.82. The molecular weight excluding hydrogens is 453 g/mol. The van der Waals surface area contributed by atoms with Crippen molar-refractivity contribution < 1.29 is 14.0 Å². The van der Waals surface area contributed by atoms with Crippen molar-refractivity contribution in [3.05, 3.63) is 82.6 Å². The second-order valence-corrected chi connectivity index (χ2v) is 9.25. The van der Waals surface area contributed by atoms with Crippen LogP contribution >= 0.6 is 11.3 Å². The third-order valence-electron chi connectivity index (χ3n) is 5.81. The maximum Gasteiger partial charge on any atom is 0.260 e. The van der Waals surface area contributed by atoms with E-state index in [4.69, 9.17) is 0 Å². The Kier molecular flexibility index (Phi) is 7.99. The van der Waals surface area contributed by atoms with E-state index in [0.29, 0.717) is 10.8 Å². The van der Waals surface area contributed by atoms with Crippen molar-refractivity contribution in [3.8, 4) is 0 Å². The maximum absolute atomic E-state index is 13.8. The van der Waals surface area contributed by atoms with Crippen molar-refractivity contribution in [2.45, 2.75) is 12.5 Å². The van der Waals surface area contributed by atoms with Gasteiger partial charge in [-0.1, -0.05) is 42.5 Å². The van der Waals surface area contributed by atoms with Crippen molar-refractivity contribution in [2.75, 3.05) is 45.1 Å². The lowest BCUT2D eigenvalue weighted by Crippen LogP contribution is -2.48. The number of carbonyl (C=O) groups is 2. The number of rotatable bonds is 8. The summed E-state index contributed by atoms with van der Waals surface area (Å²) in [5.41, 5.74) is 1.57. The SMILES string of the molecule is CN1CCN(CC(NC(=O)Cc2csc(NC(=O)c3ccccc3F)n2)c2ccccc2)CC1. The van der Waals surface area contributed by atoms with Crippen molar-refractivity contribution in [3.63, 3.8) is 0 Å². The molecule has 1 aromatic heterocycles. The van der Waals surface area contributed by atoms with Crippen molar-refractivity contribution in [2.24, 2.45) is 0 Å². The zero-order chi connectivity index (χ0) is 23.9. The summed E-state index contributed by atoms with van der Waals surface area (Å²) < 4.78 is 13.8. The average molecular weight is 482 g/mol. The third-order valence-corrected chi connectivity index (χ3v) is 6.61. The molecule has 1 fully saturated rings. The number of anilines is 1. The van der Waals surface area contributed by atoms with Crippen molar-refractivity contribution >= 4 is 28.3 Å². The molecule has 0 radical (unpaired) electrons. The molecule has 178 valence electrons. The van der Waals surface area contributed by atoms with Crippen LogP contribution in [0, 0.1) is 5.82 Å². The monoisotopic (exact) mass is 481 g/mol. The molecule has 0 spiro atoms. The van der Waals surface area contributed by atoms with E-state index < -0.39 is 11.7 Å². The second-order valence-electron chi connectivity index (χ2n) is 8.39. The van der Waals surface area contributed by atoms with Gasteiger partial charge >= 0.3 is 0 Å². The molecule has 34 heavy (non-hydrogen) atoms. The number of amides is 2. The van der Waals surface area contributed by atoms with Gasteiger partial charge in [0, 0.05) is 38.1 Å². The first-order chi connectivity index (χ1) is 16.5. The third kappa shape index (κ3) is 6.47. The molecule has 1 aliphatic heterocycles. The fourth-order valence-corrected chi connectivity index (χ4v) is 4.58. The van der Waals surface area contributed by atoms with Gasteiger partial charge in [0.1, 0.15) is 5.82 Å². The Bertz CT molecular complexity index is 1120. The molecule has 1 atom stereocenters. The quantitative estimate of drug-likeness (QED) is 0.517. The number of nitrogens with zero attached hydrogens (tertiary/aromatic N) is 3. The molecule has 1 unspecified atom stereocenters. The highest BCUT2D eigenvalue weighted by Crippen LogP contribution is 2.19. The molecule has 2 amide bonds. The summed E-state index contributed by atoms with van der Waals surface area (Å²) in [6.07, 6.45) is 0.0954. The molecule has 0 aliphatic carbocycles. The lowest BCUT2D eigenvalue weighted by atomic mass is 10.1. The van der Waals surface area contributed by atoms with Crippen molar-refractivity contribution in [1.82, 2.24) is 20.1 Å². The number of benzene rings is 2. The van der Waals surface area contributed by atoms with Gasteiger partial charge in [-0.2, -0.15) is 0 Å². The predicted octanol–water partition coefficient (Wildman–Crippen LogP) is 3.18. The highest BCUT2D eigenvalue weighted by atomic mass is 32.1. The van der Waals surface area contributed by atoms with Crippen LogP contribution in [0.4, 0.5) is 9.52 Å². The minimum atomic E-state index is -0.594. The van der Waals surface area contributed by atoms with Crippen LogP contribution < -0.4 is 10.6 Å². The molecule has 2 N–H and O–H groups in total. The normalized spacial score (nSPS) is 15.6. The number of piperazine rings is 1. The predicted molar refractivity (Wildman–Crippen MR) is 131 cm³/mol. The van der Waals surface area contributed by atoms with Crippen LogP contribution in [0.5, 0.6) is 0 Å². The largest absolute Gasteiger partial charge is 0.348 e. The number of carbonyl (C=O) groups excluding carboxylic acids is 2. The van der Waals surface area contributed by atoms with E-state index in [2.05, 4.69) is 32.5 Å². The molecule has 1 aliphatic rings. The second kappa shape index (κ2) is 11.3. The van der Waals surface area contributed by atoms with Gasteiger partial charge in [0.25, 0.3) is 5.91 Å². The Hall–Kier alpha value is -3.14. The van der Waals surface area contributed by atoms with Gasteiger partial charge in [0.15, 0.2) is 5.13 Å². The van der Waals surface area contributed by atoms with E-state index in [1.807, 2.05) is 30.3 Å². The van der Waals surface area contributed by atoms with Gasteiger partial charge in [0.05, 0.1) is 23.7 Å². The van der Waals surface area contributed by atoms with Gasteiger partial charge in [-0.15, -0.1) is 11.3 Å². The van der Waals surface area contributed by atoms with E-state index in [9.17, 15) is 14.0 Å².